The molecule has 0 spiro atoms. The molecule has 1 aliphatic heterocycles. The maximum absolute atomic E-state index is 5.35. The van der Waals surface area contributed by atoms with E-state index >= 15 is 0 Å². The number of anilines is 1. The van der Waals surface area contributed by atoms with E-state index in [1.165, 1.54) is 0 Å². The van der Waals surface area contributed by atoms with Gasteiger partial charge in [-0.1, -0.05) is 25.9 Å². The molecule has 0 unspecified atom stereocenters. The molecule has 1 saturated heterocycles. The molecule has 0 saturated carbocycles. The van der Waals surface area contributed by atoms with Gasteiger partial charge in [0.1, 0.15) is 0 Å². The molecule has 3 heterocycles. The maximum Gasteiger partial charge on any atom is 0.232 e. The summed E-state index contributed by atoms with van der Waals surface area (Å²) in [7, 11) is 1.61. The molecule has 24 heavy (non-hydrogen) atoms. The fraction of sp³-hybridized carbons (Fsp3) is 0.625. The van der Waals surface area contributed by atoms with Gasteiger partial charge in [-0.3, -0.25) is 4.90 Å². The maximum atomic E-state index is 5.35. The Labute approximate surface area is 141 Å². The molecule has 1 fully saturated rings. The molecule has 2 aromatic heterocycles. The summed E-state index contributed by atoms with van der Waals surface area (Å²) in [6, 6.07) is 1.75. The summed E-state index contributed by atoms with van der Waals surface area (Å²) in [5, 5.41) is 4.09. The summed E-state index contributed by atoms with van der Waals surface area (Å²) in [4.78, 5) is 17.7. The molecule has 2 aromatic rings. The Morgan fingerprint density at radius 1 is 1.17 bits per heavy atom. The zero-order valence-corrected chi connectivity index (χ0v) is 14.7. The Bertz CT molecular complexity index is 673. The topological polar surface area (TPSA) is 80.4 Å². The van der Waals surface area contributed by atoms with Crippen LogP contribution in [0.2, 0.25) is 0 Å². The second-order valence-electron chi connectivity index (χ2n) is 6.93. The summed E-state index contributed by atoms with van der Waals surface area (Å²) in [5.41, 5.74) is -0.117. The summed E-state index contributed by atoms with van der Waals surface area (Å²) in [5.74, 6) is 2.72. The molecule has 0 bridgehead atoms. The van der Waals surface area contributed by atoms with E-state index in [9.17, 15) is 0 Å². The van der Waals surface area contributed by atoms with Crippen LogP contribution in [0.25, 0.3) is 0 Å². The van der Waals surface area contributed by atoms with E-state index in [4.69, 9.17) is 9.26 Å². The van der Waals surface area contributed by atoms with E-state index in [1.807, 2.05) is 0 Å². The van der Waals surface area contributed by atoms with Gasteiger partial charge >= 0.3 is 0 Å². The van der Waals surface area contributed by atoms with E-state index in [0.29, 0.717) is 24.3 Å². The number of nitrogens with zero attached hydrogens (tertiary/aromatic N) is 6. The van der Waals surface area contributed by atoms with Crippen molar-refractivity contribution in [3.05, 3.63) is 24.0 Å². The largest absolute Gasteiger partial charge is 0.481 e. The first-order valence-corrected chi connectivity index (χ1v) is 8.13. The molecule has 0 amide bonds. The Morgan fingerprint density at radius 3 is 2.54 bits per heavy atom. The summed E-state index contributed by atoms with van der Waals surface area (Å²) in [6.45, 7) is 10.4. The zero-order chi connectivity index (χ0) is 17.2. The van der Waals surface area contributed by atoms with E-state index in [-0.39, 0.29) is 5.41 Å². The number of ether oxygens (including phenoxy) is 1. The van der Waals surface area contributed by atoms with Crippen LogP contribution in [0.3, 0.4) is 0 Å². The third-order valence-electron chi connectivity index (χ3n) is 3.96. The quantitative estimate of drug-likeness (QED) is 0.833. The van der Waals surface area contributed by atoms with Gasteiger partial charge in [0.15, 0.2) is 5.82 Å². The minimum Gasteiger partial charge on any atom is -0.481 e. The summed E-state index contributed by atoms with van der Waals surface area (Å²) in [6.07, 6.45) is 1.72. The molecular weight excluding hydrogens is 308 g/mol. The highest BCUT2D eigenvalue weighted by Gasteiger charge is 2.24. The molecule has 0 aliphatic carbocycles. The van der Waals surface area contributed by atoms with Crippen LogP contribution in [0.15, 0.2) is 16.8 Å². The Morgan fingerprint density at radius 2 is 1.92 bits per heavy atom. The lowest BCUT2D eigenvalue weighted by Gasteiger charge is -2.34. The van der Waals surface area contributed by atoms with Crippen molar-refractivity contribution in [2.24, 2.45) is 0 Å². The summed E-state index contributed by atoms with van der Waals surface area (Å²) >= 11 is 0. The fourth-order valence-electron chi connectivity index (χ4n) is 2.53. The molecule has 0 N–H and O–H groups in total. The van der Waals surface area contributed by atoms with Crippen molar-refractivity contribution in [1.29, 1.82) is 0 Å². The average Bonchev–Trinajstić information content (AvgIpc) is 3.04. The van der Waals surface area contributed by atoms with Crippen molar-refractivity contribution in [1.82, 2.24) is 25.0 Å². The number of rotatable bonds is 4. The number of methoxy groups -OCH3 is 1. The lowest BCUT2D eigenvalue weighted by molar-refractivity contribution is 0.238. The first-order chi connectivity index (χ1) is 11.5. The van der Waals surface area contributed by atoms with Gasteiger partial charge in [-0.2, -0.15) is 9.97 Å². The minimum absolute atomic E-state index is 0.117. The van der Waals surface area contributed by atoms with Crippen LogP contribution >= 0.6 is 0 Å². The first kappa shape index (κ1) is 16.6. The van der Waals surface area contributed by atoms with Gasteiger partial charge in [0.2, 0.25) is 17.7 Å². The van der Waals surface area contributed by atoms with Crippen LogP contribution in [0.4, 0.5) is 5.95 Å². The van der Waals surface area contributed by atoms with Gasteiger partial charge < -0.3 is 14.2 Å². The minimum atomic E-state index is -0.117. The lowest BCUT2D eigenvalue weighted by Crippen LogP contribution is -2.46. The Hall–Kier alpha value is -2.22. The highest BCUT2D eigenvalue weighted by Crippen LogP contribution is 2.20. The molecule has 0 atom stereocenters. The number of hydrogen-bond acceptors (Lipinski definition) is 8. The monoisotopic (exact) mass is 332 g/mol. The van der Waals surface area contributed by atoms with Gasteiger partial charge in [-0.25, -0.2) is 4.98 Å². The SMILES string of the molecule is COc1ccnc(N2CCN(Cc3noc(C(C)(C)C)n3)CC2)n1. The van der Waals surface area contributed by atoms with Crippen LogP contribution in [0.5, 0.6) is 5.88 Å². The highest BCUT2D eigenvalue weighted by molar-refractivity contribution is 5.32. The first-order valence-electron chi connectivity index (χ1n) is 8.13. The molecule has 130 valence electrons. The molecule has 3 rings (SSSR count). The second-order valence-corrected chi connectivity index (χ2v) is 6.93. The van der Waals surface area contributed by atoms with Gasteiger partial charge in [-0.15, -0.1) is 0 Å². The lowest BCUT2D eigenvalue weighted by atomic mass is 9.97. The normalized spacial score (nSPS) is 16.4. The Kier molecular flexibility index (Phi) is 4.66. The van der Waals surface area contributed by atoms with Crippen molar-refractivity contribution < 1.29 is 9.26 Å². The van der Waals surface area contributed by atoms with Gasteiger partial charge in [0.05, 0.1) is 13.7 Å². The number of aromatic nitrogens is 4. The highest BCUT2D eigenvalue weighted by atomic mass is 16.5. The third kappa shape index (κ3) is 3.81. The zero-order valence-electron chi connectivity index (χ0n) is 14.7. The van der Waals surface area contributed by atoms with Crippen LogP contribution in [-0.2, 0) is 12.0 Å². The number of piperazine rings is 1. The van der Waals surface area contributed by atoms with E-state index < -0.39 is 0 Å². The van der Waals surface area contributed by atoms with Crippen molar-refractivity contribution in [3.8, 4) is 5.88 Å². The molecule has 8 nitrogen and oxygen atoms in total. The second kappa shape index (κ2) is 6.72. The molecular formula is C16H24N6O2. The molecule has 0 aromatic carbocycles. The molecule has 0 radical (unpaired) electrons. The predicted molar refractivity (Wildman–Crippen MR) is 89.1 cm³/mol. The van der Waals surface area contributed by atoms with Crippen LogP contribution in [-0.4, -0.2) is 58.3 Å². The third-order valence-corrected chi connectivity index (χ3v) is 3.96. The predicted octanol–water partition coefficient (Wildman–Crippen LogP) is 1.49. The van der Waals surface area contributed by atoms with Crippen molar-refractivity contribution >= 4 is 5.95 Å². The van der Waals surface area contributed by atoms with Gasteiger partial charge in [0.25, 0.3) is 0 Å². The van der Waals surface area contributed by atoms with Gasteiger partial charge in [0, 0.05) is 43.9 Å². The average molecular weight is 332 g/mol. The molecule has 8 heteroatoms. The van der Waals surface area contributed by atoms with Crippen LogP contribution < -0.4 is 9.64 Å². The van der Waals surface area contributed by atoms with E-state index in [2.05, 4.69) is 50.7 Å². The van der Waals surface area contributed by atoms with Crippen molar-refractivity contribution in [3.63, 3.8) is 0 Å². The van der Waals surface area contributed by atoms with Crippen LogP contribution in [0, 0.1) is 0 Å². The smallest absolute Gasteiger partial charge is 0.232 e. The standard InChI is InChI=1S/C16H24N6O2/c1-16(2,3)14-18-12(20-24-14)11-21-7-9-22(10-8-21)15-17-6-5-13(19-15)23-4/h5-6H,7-11H2,1-4H3. The van der Waals surface area contributed by atoms with Gasteiger partial charge in [-0.05, 0) is 0 Å². The van der Waals surface area contributed by atoms with E-state index in [1.54, 1.807) is 19.4 Å². The molecule has 1 aliphatic rings. The van der Waals surface area contributed by atoms with Crippen LogP contribution in [0.1, 0.15) is 32.5 Å². The fourth-order valence-corrected chi connectivity index (χ4v) is 2.53. The Balaban J connectivity index is 1.56. The van der Waals surface area contributed by atoms with E-state index in [0.717, 1.165) is 32.0 Å². The summed E-state index contributed by atoms with van der Waals surface area (Å²) < 4.78 is 10.5. The van der Waals surface area contributed by atoms with Crippen molar-refractivity contribution in [2.45, 2.75) is 32.7 Å². The number of hydrogen-bond donors (Lipinski definition) is 0. The van der Waals surface area contributed by atoms with Crippen molar-refractivity contribution in [2.75, 3.05) is 38.2 Å².